The van der Waals surface area contributed by atoms with Gasteiger partial charge in [-0.15, -0.1) is 0 Å². The zero-order chi connectivity index (χ0) is 14.4. The predicted octanol–water partition coefficient (Wildman–Crippen LogP) is 4.60. The molecule has 0 atom stereocenters. The third-order valence-corrected chi connectivity index (χ3v) is 5.97. The zero-order valence-corrected chi connectivity index (χ0v) is 12.9. The Balaban J connectivity index is 1.45. The first-order valence-corrected chi connectivity index (χ1v) is 8.42. The molecule has 4 aliphatic rings. The van der Waals surface area contributed by atoms with Crippen molar-refractivity contribution in [1.82, 2.24) is 0 Å². The van der Waals surface area contributed by atoms with Crippen molar-refractivity contribution in [3.05, 3.63) is 34.9 Å². The van der Waals surface area contributed by atoms with Crippen molar-refractivity contribution in [3.63, 3.8) is 0 Å². The molecule has 0 aliphatic heterocycles. The summed E-state index contributed by atoms with van der Waals surface area (Å²) in [4.78, 5) is 12.7. The van der Waals surface area contributed by atoms with Crippen LogP contribution in [0.4, 0.5) is 0 Å². The van der Waals surface area contributed by atoms with Gasteiger partial charge in [0.05, 0.1) is 5.41 Å². The van der Waals surface area contributed by atoms with Crippen molar-refractivity contribution in [2.24, 2.45) is 23.2 Å². The van der Waals surface area contributed by atoms with E-state index in [0.717, 1.165) is 42.6 Å². The van der Waals surface area contributed by atoms with Gasteiger partial charge >= 0.3 is 5.97 Å². The van der Waals surface area contributed by atoms with Crippen LogP contribution in [-0.2, 0) is 16.1 Å². The summed E-state index contributed by atoms with van der Waals surface area (Å²) in [6.45, 7) is 0.348. The molecular weight excluding hydrogens is 284 g/mol. The van der Waals surface area contributed by atoms with Crippen LogP contribution in [0.15, 0.2) is 24.3 Å². The quantitative estimate of drug-likeness (QED) is 0.763. The van der Waals surface area contributed by atoms with E-state index in [9.17, 15) is 4.79 Å². The number of halogens is 1. The molecule has 0 spiro atoms. The van der Waals surface area contributed by atoms with Crippen LogP contribution in [0, 0.1) is 23.2 Å². The van der Waals surface area contributed by atoms with Crippen LogP contribution in [0.2, 0.25) is 5.02 Å². The first kappa shape index (κ1) is 13.6. The normalized spacial score (nSPS) is 36.7. The van der Waals surface area contributed by atoms with E-state index in [1.165, 1.54) is 19.3 Å². The molecule has 0 aromatic heterocycles. The maximum Gasteiger partial charge on any atom is 0.312 e. The number of ether oxygens (including phenoxy) is 1. The van der Waals surface area contributed by atoms with Crippen LogP contribution in [0.25, 0.3) is 0 Å². The van der Waals surface area contributed by atoms with Crippen molar-refractivity contribution < 1.29 is 9.53 Å². The minimum atomic E-state index is -0.159. The van der Waals surface area contributed by atoms with Crippen molar-refractivity contribution in [3.8, 4) is 0 Å². The third kappa shape index (κ3) is 2.48. The lowest BCUT2D eigenvalue weighted by Gasteiger charge is -2.55. The maximum absolute atomic E-state index is 12.7. The molecular formula is C18H21ClO2. The predicted molar refractivity (Wildman–Crippen MR) is 81.9 cm³/mol. The lowest BCUT2D eigenvalue weighted by atomic mass is 9.49. The van der Waals surface area contributed by atoms with E-state index in [1.807, 2.05) is 24.3 Å². The fourth-order valence-corrected chi connectivity index (χ4v) is 5.50. The summed E-state index contributed by atoms with van der Waals surface area (Å²) >= 11 is 5.98. The molecule has 0 amide bonds. The molecule has 0 heterocycles. The van der Waals surface area contributed by atoms with E-state index in [4.69, 9.17) is 16.3 Å². The molecule has 2 nitrogen and oxygen atoms in total. The number of hydrogen-bond donors (Lipinski definition) is 0. The highest BCUT2D eigenvalue weighted by atomic mass is 35.5. The Morgan fingerprint density at radius 2 is 1.76 bits per heavy atom. The Bertz CT molecular complexity index is 531. The van der Waals surface area contributed by atoms with Crippen LogP contribution in [0.5, 0.6) is 0 Å². The third-order valence-electron chi connectivity index (χ3n) is 5.73. The van der Waals surface area contributed by atoms with E-state index in [0.29, 0.717) is 11.6 Å². The molecule has 21 heavy (non-hydrogen) atoms. The highest BCUT2D eigenvalue weighted by Crippen LogP contribution is 2.60. The largest absolute Gasteiger partial charge is 0.460 e. The average molecular weight is 305 g/mol. The number of benzene rings is 1. The molecule has 4 saturated carbocycles. The Hall–Kier alpha value is -1.02. The second-order valence-electron chi connectivity index (χ2n) is 7.40. The van der Waals surface area contributed by atoms with E-state index < -0.39 is 0 Å². The number of rotatable bonds is 3. The van der Waals surface area contributed by atoms with Crippen LogP contribution in [0.3, 0.4) is 0 Å². The SMILES string of the molecule is O=C(OCc1cccc(Cl)c1)C12CC3CC(CC(C3)C1)C2. The first-order chi connectivity index (χ1) is 10.1. The van der Waals surface area contributed by atoms with Crippen molar-refractivity contribution >= 4 is 17.6 Å². The molecule has 0 radical (unpaired) electrons. The highest BCUT2D eigenvalue weighted by molar-refractivity contribution is 6.30. The van der Waals surface area contributed by atoms with Crippen molar-refractivity contribution in [2.45, 2.75) is 45.1 Å². The monoisotopic (exact) mass is 304 g/mol. The van der Waals surface area contributed by atoms with Gasteiger partial charge in [-0.3, -0.25) is 4.79 Å². The smallest absolute Gasteiger partial charge is 0.312 e. The fraction of sp³-hybridized carbons (Fsp3) is 0.611. The molecule has 0 unspecified atom stereocenters. The van der Waals surface area contributed by atoms with Gasteiger partial charge in [0.1, 0.15) is 6.61 Å². The number of carbonyl (C=O) groups excluding carboxylic acids is 1. The molecule has 0 saturated heterocycles. The molecule has 1 aromatic rings. The molecule has 112 valence electrons. The molecule has 5 rings (SSSR count). The summed E-state index contributed by atoms with van der Waals surface area (Å²) in [6.07, 6.45) is 7.23. The number of carbonyl (C=O) groups is 1. The van der Waals surface area contributed by atoms with Gasteiger partial charge in [-0.05, 0) is 74.0 Å². The van der Waals surface area contributed by atoms with Crippen LogP contribution in [-0.4, -0.2) is 5.97 Å². The number of esters is 1. The fourth-order valence-electron chi connectivity index (χ4n) is 5.29. The van der Waals surface area contributed by atoms with E-state index in [1.54, 1.807) is 0 Å². The minimum absolute atomic E-state index is 0.0431. The highest BCUT2D eigenvalue weighted by Gasteiger charge is 2.55. The van der Waals surface area contributed by atoms with Gasteiger partial charge in [-0.1, -0.05) is 23.7 Å². The van der Waals surface area contributed by atoms with Gasteiger partial charge in [-0.2, -0.15) is 0 Å². The average Bonchev–Trinajstić information content (AvgIpc) is 2.43. The zero-order valence-electron chi connectivity index (χ0n) is 12.2. The van der Waals surface area contributed by atoms with Gasteiger partial charge in [0.15, 0.2) is 0 Å². The standard InChI is InChI=1S/C18H21ClO2/c19-16-3-1-2-12(7-16)11-21-17(20)18-8-13-4-14(9-18)6-15(5-13)10-18/h1-3,7,13-15H,4-6,8-11H2. The molecule has 1 aromatic carbocycles. The minimum Gasteiger partial charge on any atom is -0.460 e. The van der Waals surface area contributed by atoms with Crippen LogP contribution < -0.4 is 0 Å². The summed E-state index contributed by atoms with van der Waals surface area (Å²) < 4.78 is 5.67. The van der Waals surface area contributed by atoms with Gasteiger partial charge in [0, 0.05) is 5.02 Å². The molecule has 4 fully saturated rings. The van der Waals surface area contributed by atoms with E-state index in [-0.39, 0.29) is 11.4 Å². The summed E-state index contributed by atoms with van der Waals surface area (Å²) in [5.41, 5.74) is 0.813. The Morgan fingerprint density at radius 3 is 2.33 bits per heavy atom. The van der Waals surface area contributed by atoms with Crippen LogP contribution in [0.1, 0.15) is 44.1 Å². The number of hydrogen-bond acceptors (Lipinski definition) is 2. The van der Waals surface area contributed by atoms with Crippen molar-refractivity contribution in [1.29, 1.82) is 0 Å². The topological polar surface area (TPSA) is 26.3 Å². The van der Waals surface area contributed by atoms with Gasteiger partial charge < -0.3 is 4.74 Å². The second-order valence-corrected chi connectivity index (χ2v) is 7.84. The van der Waals surface area contributed by atoms with Gasteiger partial charge in [0.2, 0.25) is 0 Å². The molecule has 0 N–H and O–H groups in total. The molecule has 4 aliphatic carbocycles. The van der Waals surface area contributed by atoms with Gasteiger partial charge in [-0.25, -0.2) is 0 Å². The summed E-state index contributed by atoms with van der Waals surface area (Å²) in [7, 11) is 0. The Kier molecular flexibility index (Phi) is 3.25. The lowest BCUT2D eigenvalue weighted by molar-refractivity contribution is -0.172. The van der Waals surface area contributed by atoms with Gasteiger partial charge in [0.25, 0.3) is 0 Å². The maximum atomic E-state index is 12.7. The summed E-state index contributed by atoms with van der Waals surface area (Å²) in [6, 6.07) is 7.57. The van der Waals surface area contributed by atoms with Crippen LogP contribution >= 0.6 is 11.6 Å². The second kappa shape index (κ2) is 5.01. The molecule has 4 bridgehead atoms. The van der Waals surface area contributed by atoms with E-state index in [2.05, 4.69) is 0 Å². The van der Waals surface area contributed by atoms with Crippen molar-refractivity contribution in [2.75, 3.05) is 0 Å². The van der Waals surface area contributed by atoms with E-state index >= 15 is 0 Å². The Morgan fingerprint density at radius 1 is 1.14 bits per heavy atom. The molecule has 3 heteroatoms. The summed E-state index contributed by atoms with van der Waals surface area (Å²) in [5, 5.41) is 0.693. The Labute approximate surface area is 130 Å². The lowest BCUT2D eigenvalue weighted by Crippen LogP contribution is -2.50. The summed E-state index contributed by atoms with van der Waals surface area (Å²) in [5.74, 6) is 2.36. The first-order valence-electron chi connectivity index (χ1n) is 8.05.